The Bertz CT molecular complexity index is 918. The Kier molecular flexibility index (Phi) is 9.70. The fraction of sp³-hybridized carbons (Fsp3) is 1.00. The third-order valence-corrected chi connectivity index (χ3v) is 15.5. The molecule has 0 radical (unpaired) electrons. The van der Waals surface area contributed by atoms with Gasteiger partial charge in [-0.15, -0.1) is 0 Å². The lowest BCUT2D eigenvalue weighted by molar-refractivity contribution is -0.183. The van der Waals surface area contributed by atoms with E-state index in [0.29, 0.717) is 18.1 Å². The largest absolute Gasteiger partial charge is 0.415 e. The van der Waals surface area contributed by atoms with E-state index in [1.54, 1.807) is 0 Å². The van der Waals surface area contributed by atoms with Crippen molar-refractivity contribution in [3.63, 3.8) is 0 Å². The van der Waals surface area contributed by atoms with Crippen LogP contribution < -0.4 is 0 Å². The van der Waals surface area contributed by atoms with Crippen molar-refractivity contribution in [3.8, 4) is 0 Å². The highest BCUT2D eigenvalue weighted by Gasteiger charge is 2.68. The molecule has 0 heterocycles. The van der Waals surface area contributed by atoms with Gasteiger partial charge in [0, 0.05) is 11.5 Å². The van der Waals surface area contributed by atoms with Crippen LogP contribution in [0.25, 0.3) is 0 Å². The van der Waals surface area contributed by atoms with E-state index in [4.69, 9.17) is 17.7 Å². The molecule has 41 heavy (non-hydrogen) atoms. The third kappa shape index (κ3) is 7.41. The molecule has 0 aromatic carbocycles. The van der Waals surface area contributed by atoms with Crippen molar-refractivity contribution in [2.24, 2.45) is 34.5 Å². The molecular formula is C33H68O4Si4. The normalized spacial score (nSPS) is 41.0. The minimum atomic E-state index is -1.86. The summed E-state index contributed by atoms with van der Waals surface area (Å²) < 4.78 is 28.2. The van der Waals surface area contributed by atoms with E-state index < -0.39 is 33.3 Å². The van der Waals surface area contributed by atoms with Gasteiger partial charge in [0.15, 0.2) is 33.3 Å². The fourth-order valence-corrected chi connectivity index (χ4v) is 14.7. The van der Waals surface area contributed by atoms with Crippen molar-refractivity contribution in [3.05, 3.63) is 0 Å². The first-order chi connectivity index (χ1) is 18.5. The van der Waals surface area contributed by atoms with Gasteiger partial charge in [-0.2, -0.15) is 0 Å². The lowest BCUT2D eigenvalue weighted by Crippen LogP contribution is -2.65. The first kappa shape index (κ1) is 34.6. The molecule has 4 fully saturated rings. The van der Waals surface area contributed by atoms with Crippen LogP contribution in [0.15, 0.2) is 0 Å². The van der Waals surface area contributed by atoms with Gasteiger partial charge in [-0.1, -0.05) is 13.8 Å². The lowest BCUT2D eigenvalue weighted by atomic mass is 9.44. The molecule has 0 bridgehead atoms. The van der Waals surface area contributed by atoms with Crippen LogP contribution in [0.2, 0.25) is 78.6 Å². The zero-order valence-corrected chi connectivity index (χ0v) is 33.7. The number of hydrogen-bond acceptors (Lipinski definition) is 4. The smallest absolute Gasteiger partial charge is 0.184 e. The van der Waals surface area contributed by atoms with E-state index in [9.17, 15) is 0 Å². The van der Waals surface area contributed by atoms with Crippen LogP contribution in [-0.2, 0) is 17.7 Å². The molecule has 240 valence electrons. The average Bonchev–Trinajstić information content (AvgIpc) is 3.06. The Morgan fingerprint density at radius 2 is 1.29 bits per heavy atom. The highest BCUT2D eigenvalue weighted by molar-refractivity contribution is 6.71. The zero-order chi connectivity index (χ0) is 30.9. The van der Waals surface area contributed by atoms with Crippen LogP contribution in [0.3, 0.4) is 0 Å². The first-order valence-corrected chi connectivity index (χ1v) is 30.8. The summed E-state index contributed by atoms with van der Waals surface area (Å²) in [4.78, 5) is 0. The average molecular weight is 641 g/mol. The minimum absolute atomic E-state index is 0.0280. The highest BCUT2D eigenvalue weighted by Crippen LogP contribution is 2.70. The van der Waals surface area contributed by atoms with Gasteiger partial charge in [0.2, 0.25) is 0 Å². The highest BCUT2D eigenvalue weighted by atomic mass is 28.4. The summed E-state index contributed by atoms with van der Waals surface area (Å²) in [6, 6.07) is 0. The molecule has 0 aromatic rings. The van der Waals surface area contributed by atoms with Crippen molar-refractivity contribution < 1.29 is 17.7 Å². The standard InChI is InChI=1S/C33H68O4Si4/c1-31-20-17-26(35-39(6,7)8)23-25(31)15-16-27-28(31)18-21-32(2)29(27)19-22-33(32,37-41(12,13)14)30(36-40(9,10)11)24-34-38(3,4)5/h25-30H,15-24H2,1-14H3/t25?,26?,27-,28+,29+,30?,31+,32+,33+/m1/s1. The van der Waals surface area contributed by atoms with Crippen molar-refractivity contribution >= 4 is 33.3 Å². The van der Waals surface area contributed by atoms with Crippen LogP contribution in [0.4, 0.5) is 0 Å². The number of fused-ring (bicyclic) bond motifs is 5. The van der Waals surface area contributed by atoms with E-state index in [1.165, 1.54) is 51.4 Å². The van der Waals surface area contributed by atoms with E-state index in [1.807, 2.05) is 0 Å². The summed E-state index contributed by atoms with van der Waals surface area (Å²) in [6.45, 7) is 34.3. The summed E-state index contributed by atoms with van der Waals surface area (Å²) in [5.74, 6) is 3.23. The minimum Gasteiger partial charge on any atom is -0.415 e. The predicted molar refractivity (Wildman–Crippen MR) is 185 cm³/mol. The van der Waals surface area contributed by atoms with Crippen LogP contribution in [0.5, 0.6) is 0 Å². The van der Waals surface area contributed by atoms with Crippen molar-refractivity contribution in [2.75, 3.05) is 6.61 Å². The molecule has 0 amide bonds. The Morgan fingerprint density at radius 3 is 1.85 bits per heavy atom. The van der Waals surface area contributed by atoms with Gasteiger partial charge in [-0.25, -0.2) is 0 Å². The van der Waals surface area contributed by atoms with Gasteiger partial charge in [0.25, 0.3) is 0 Å². The second kappa shape index (κ2) is 11.5. The molecule has 3 unspecified atom stereocenters. The molecule has 0 N–H and O–H groups in total. The quantitative estimate of drug-likeness (QED) is 0.223. The van der Waals surface area contributed by atoms with Gasteiger partial charge in [0.05, 0.1) is 18.3 Å². The van der Waals surface area contributed by atoms with E-state index in [0.717, 1.165) is 30.1 Å². The molecule has 0 saturated heterocycles. The summed E-state index contributed by atoms with van der Waals surface area (Å²) in [5.41, 5.74) is 0.375. The van der Waals surface area contributed by atoms with E-state index >= 15 is 0 Å². The Balaban J connectivity index is 1.65. The molecule has 4 aliphatic rings. The molecule has 4 nitrogen and oxygen atoms in total. The molecular weight excluding hydrogens is 573 g/mol. The van der Waals surface area contributed by atoms with Crippen molar-refractivity contribution in [1.29, 1.82) is 0 Å². The topological polar surface area (TPSA) is 36.9 Å². The number of hydrogen-bond donors (Lipinski definition) is 0. The molecule has 0 aromatic heterocycles. The van der Waals surface area contributed by atoms with E-state index in [2.05, 4.69) is 92.4 Å². The maximum atomic E-state index is 7.56. The summed E-state index contributed by atoms with van der Waals surface area (Å²) >= 11 is 0. The van der Waals surface area contributed by atoms with Crippen LogP contribution in [-0.4, -0.2) is 57.7 Å². The maximum Gasteiger partial charge on any atom is 0.184 e. The second-order valence-electron chi connectivity index (χ2n) is 19.0. The Hall–Kier alpha value is 0.708. The zero-order valence-electron chi connectivity index (χ0n) is 29.7. The van der Waals surface area contributed by atoms with Crippen LogP contribution >= 0.6 is 0 Å². The molecule has 0 aliphatic heterocycles. The summed E-state index contributed by atoms with van der Waals surface area (Å²) in [5, 5.41) is 0. The maximum absolute atomic E-state index is 7.56. The van der Waals surface area contributed by atoms with Gasteiger partial charge in [0.1, 0.15) is 0 Å². The third-order valence-electron chi connectivity index (χ3n) is 11.5. The van der Waals surface area contributed by atoms with Crippen LogP contribution in [0.1, 0.15) is 71.6 Å². The summed E-state index contributed by atoms with van der Waals surface area (Å²) in [6.07, 6.45) is 12.3. The fourth-order valence-electron chi connectivity index (χ4n) is 10.2. The van der Waals surface area contributed by atoms with Gasteiger partial charge in [-0.3, -0.25) is 0 Å². The van der Waals surface area contributed by atoms with Gasteiger partial charge < -0.3 is 17.7 Å². The molecule has 4 rings (SSSR count). The Morgan fingerprint density at radius 1 is 0.659 bits per heavy atom. The molecule has 4 saturated carbocycles. The van der Waals surface area contributed by atoms with Gasteiger partial charge in [-0.05, 0) is 165 Å². The molecule has 8 heteroatoms. The van der Waals surface area contributed by atoms with Crippen LogP contribution in [0, 0.1) is 34.5 Å². The predicted octanol–water partition coefficient (Wildman–Crippen LogP) is 9.91. The molecule has 4 aliphatic carbocycles. The second-order valence-corrected chi connectivity index (χ2v) is 36.9. The monoisotopic (exact) mass is 640 g/mol. The SMILES string of the molecule is C[C@]12CCC(O[Si](C)(C)C)CC1CC[C@@H]1[C@@H]2CC[C@@]2(C)[C@H]1CC[C@]2(O[Si](C)(C)C)C(CO[Si](C)(C)C)O[Si](C)(C)C. The first-order valence-electron chi connectivity index (χ1n) is 17.2. The molecule has 0 spiro atoms. The summed E-state index contributed by atoms with van der Waals surface area (Å²) in [7, 11) is -6.89. The van der Waals surface area contributed by atoms with Crippen molar-refractivity contribution in [2.45, 2.75) is 168 Å². The molecule has 9 atom stereocenters. The number of rotatable bonds is 10. The Labute approximate surface area is 259 Å². The van der Waals surface area contributed by atoms with Gasteiger partial charge >= 0.3 is 0 Å². The van der Waals surface area contributed by atoms with E-state index in [-0.39, 0.29) is 17.1 Å². The lowest BCUT2D eigenvalue weighted by Gasteiger charge is -2.63. The van der Waals surface area contributed by atoms with Crippen molar-refractivity contribution in [1.82, 2.24) is 0 Å².